The van der Waals surface area contributed by atoms with E-state index in [9.17, 15) is 18.8 Å². The predicted octanol–water partition coefficient (Wildman–Crippen LogP) is 5.69. The van der Waals surface area contributed by atoms with Crippen LogP contribution in [0.3, 0.4) is 0 Å². The molecule has 0 unspecified atom stereocenters. The summed E-state index contributed by atoms with van der Waals surface area (Å²) < 4.78 is 25.2. The van der Waals surface area contributed by atoms with Crippen molar-refractivity contribution >= 4 is 63.2 Å². The van der Waals surface area contributed by atoms with Crippen LogP contribution in [0.15, 0.2) is 71.6 Å². The molecule has 1 aliphatic heterocycles. The van der Waals surface area contributed by atoms with E-state index in [1.54, 1.807) is 54.6 Å². The Morgan fingerprint density at radius 1 is 1.11 bits per heavy atom. The molecule has 0 atom stereocenters. The number of amides is 3. The number of anilines is 1. The van der Waals surface area contributed by atoms with Gasteiger partial charge < -0.3 is 14.8 Å². The van der Waals surface area contributed by atoms with E-state index < -0.39 is 17.1 Å². The first-order valence-electron chi connectivity index (χ1n) is 10.7. The van der Waals surface area contributed by atoms with Gasteiger partial charge >= 0.3 is 0 Å². The molecular formula is C26H20FIN2O5S. The fourth-order valence-corrected chi connectivity index (χ4v) is 4.97. The Morgan fingerprint density at radius 2 is 1.83 bits per heavy atom. The molecule has 0 aromatic heterocycles. The molecule has 1 saturated heterocycles. The van der Waals surface area contributed by atoms with Crippen LogP contribution in [0, 0.1) is 9.39 Å². The third-order valence-corrected chi connectivity index (χ3v) is 6.79. The average Bonchev–Trinajstić information content (AvgIpc) is 3.12. The highest BCUT2D eigenvalue weighted by Gasteiger charge is 2.36. The Morgan fingerprint density at radius 3 is 2.53 bits per heavy atom. The van der Waals surface area contributed by atoms with Crippen LogP contribution >= 0.6 is 34.4 Å². The van der Waals surface area contributed by atoms with E-state index in [2.05, 4.69) is 27.9 Å². The molecule has 36 heavy (non-hydrogen) atoms. The van der Waals surface area contributed by atoms with Crippen molar-refractivity contribution in [2.75, 3.05) is 19.0 Å². The number of imide groups is 1. The summed E-state index contributed by atoms with van der Waals surface area (Å²) in [5, 5.41) is 2.15. The van der Waals surface area contributed by atoms with Crippen LogP contribution in [0.1, 0.15) is 11.1 Å². The molecule has 0 aliphatic carbocycles. The van der Waals surface area contributed by atoms with Gasteiger partial charge in [0.25, 0.3) is 11.1 Å². The molecule has 0 spiro atoms. The van der Waals surface area contributed by atoms with Gasteiger partial charge in [0.1, 0.15) is 19.0 Å². The minimum atomic E-state index is -0.543. The second kappa shape index (κ2) is 11.6. The Labute approximate surface area is 224 Å². The van der Waals surface area contributed by atoms with E-state index in [0.29, 0.717) is 22.7 Å². The molecule has 3 aromatic carbocycles. The lowest BCUT2D eigenvalue weighted by atomic mass is 10.1. The highest BCUT2D eigenvalue weighted by molar-refractivity contribution is 14.1. The zero-order chi connectivity index (χ0) is 25.7. The number of thioether (sulfide) groups is 1. The fraction of sp³-hybridized carbons (Fsp3) is 0.115. The number of halogens is 2. The lowest BCUT2D eigenvalue weighted by Crippen LogP contribution is -2.36. The molecule has 1 aliphatic rings. The Balaban J connectivity index is 1.47. The number of carbonyl (C=O) groups excluding carboxylic acids is 3. The lowest BCUT2D eigenvalue weighted by Gasteiger charge is -2.14. The van der Waals surface area contributed by atoms with Crippen molar-refractivity contribution in [3.8, 4) is 11.5 Å². The first kappa shape index (κ1) is 25.7. The Kier molecular flexibility index (Phi) is 8.26. The van der Waals surface area contributed by atoms with E-state index in [1.807, 2.05) is 6.07 Å². The van der Waals surface area contributed by atoms with Gasteiger partial charge in [0.05, 0.1) is 15.6 Å². The van der Waals surface area contributed by atoms with Crippen molar-refractivity contribution in [1.82, 2.24) is 4.90 Å². The number of nitrogens with zero attached hydrogens (tertiary/aromatic N) is 1. The minimum absolute atomic E-state index is 0.199. The van der Waals surface area contributed by atoms with Crippen molar-refractivity contribution in [2.24, 2.45) is 0 Å². The van der Waals surface area contributed by atoms with E-state index in [0.717, 1.165) is 25.8 Å². The van der Waals surface area contributed by atoms with Crippen LogP contribution in [0.25, 0.3) is 6.08 Å². The maximum Gasteiger partial charge on any atom is 0.294 e. The first-order valence-corrected chi connectivity index (χ1v) is 12.6. The first-order chi connectivity index (χ1) is 17.3. The summed E-state index contributed by atoms with van der Waals surface area (Å²) >= 11 is 2.86. The van der Waals surface area contributed by atoms with Crippen LogP contribution < -0.4 is 14.8 Å². The van der Waals surface area contributed by atoms with Gasteiger partial charge in [0, 0.05) is 5.69 Å². The van der Waals surface area contributed by atoms with Crippen molar-refractivity contribution in [2.45, 2.75) is 6.61 Å². The zero-order valence-electron chi connectivity index (χ0n) is 19.0. The molecule has 1 N–H and O–H groups in total. The highest BCUT2D eigenvalue weighted by Crippen LogP contribution is 2.37. The molecule has 1 heterocycles. The topological polar surface area (TPSA) is 84.9 Å². The summed E-state index contributed by atoms with van der Waals surface area (Å²) in [6.45, 7) is -0.163. The van der Waals surface area contributed by atoms with Gasteiger partial charge in [-0.05, 0) is 88.0 Å². The molecule has 1 fully saturated rings. The number of nitrogens with one attached hydrogen (secondary N) is 1. The van der Waals surface area contributed by atoms with Gasteiger partial charge in [-0.2, -0.15) is 0 Å². The number of benzene rings is 3. The highest BCUT2D eigenvalue weighted by atomic mass is 127. The molecular weight excluding hydrogens is 598 g/mol. The second-order valence-electron chi connectivity index (χ2n) is 7.63. The van der Waals surface area contributed by atoms with Gasteiger partial charge in [-0.25, -0.2) is 4.39 Å². The van der Waals surface area contributed by atoms with Gasteiger partial charge in [0.2, 0.25) is 5.91 Å². The molecule has 0 radical (unpaired) electrons. The van der Waals surface area contributed by atoms with Crippen LogP contribution in [-0.2, 0) is 16.2 Å². The summed E-state index contributed by atoms with van der Waals surface area (Å²) in [5.41, 5.74) is 2.00. The standard InChI is InChI=1S/C26H20FIN2O5S/c1-34-21-12-17(11-20(28)24(21)35-15-16-7-9-18(27)10-8-16)13-22-25(32)30(26(33)36-22)14-23(31)29-19-5-3-2-4-6-19/h2-13H,14-15H2,1H3,(H,29,31)/b22-13-. The van der Waals surface area contributed by atoms with Crippen molar-refractivity contribution in [3.05, 3.63) is 92.1 Å². The van der Waals surface area contributed by atoms with Crippen LogP contribution in [-0.4, -0.2) is 35.6 Å². The van der Waals surface area contributed by atoms with Crippen molar-refractivity contribution in [3.63, 3.8) is 0 Å². The van der Waals surface area contributed by atoms with Gasteiger partial charge in [0.15, 0.2) is 11.5 Å². The third kappa shape index (κ3) is 6.24. The molecule has 184 valence electrons. The molecule has 3 aromatic rings. The lowest BCUT2D eigenvalue weighted by molar-refractivity contribution is -0.127. The molecule has 0 bridgehead atoms. The van der Waals surface area contributed by atoms with Gasteiger partial charge in [-0.1, -0.05) is 30.3 Å². The number of hydrogen-bond donors (Lipinski definition) is 1. The molecule has 10 heteroatoms. The van der Waals surface area contributed by atoms with Gasteiger partial charge in [-0.3, -0.25) is 19.3 Å². The summed E-state index contributed by atoms with van der Waals surface area (Å²) in [7, 11) is 1.50. The second-order valence-corrected chi connectivity index (χ2v) is 9.79. The number of para-hydroxylation sites is 1. The summed E-state index contributed by atoms with van der Waals surface area (Å²) in [6.07, 6.45) is 1.58. The molecule has 4 rings (SSSR count). The number of rotatable bonds is 8. The van der Waals surface area contributed by atoms with E-state index in [4.69, 9.17) is 9.47 Å². The third-order valence-electron chi connectivity index (χ3n) is 5.08. The maximum absolute atomic E-state index is 13.1. The summed E-state index contributed by atoms with van der Waals surface area (Å²) in [6, 6.07) is 18.3. The van der Waals surface area contributed by atoms with Crippen LogP contribution in [0.5, 0.6) is 11.5 Å². The van der Waals surface area contributed by atoms with Gasteiger partial charge in [-0.15, -0.1) is 0 Å². The zero-order valence-corrected chi connectivity index (χ0v) is 22.0. The minimum Gasteiger partial charge on any atom is -0.493 e. The van der Waals surface area contributed by atoms with Crippen LogP contribution in [0.4, 0.5) is 14.9 Å². The number of ether oxygens (including phenoxy) is 2. The summed E-state index contributed by atoms with van der Waals surface area (Å²) in [4.78, 5) is 38.7. The van der Waals surface area contributed by atoms with E-state index >= 15 is 0 Å². The number of hydrogen-bond acceptors (Lipinski definition) is 6. The average molecular weight is 618 g/mol. The molecule has 3 amide bonds. The van der Waals surface area contributed by atoms with E-state index in [1.165, 1.54) is 19.2 Å². The SMILES string of the molecule is COc1cc(/C=C2\SC(=O)N(CC(=O)Nc3ccccc3)C2=O)cc(I)c1OCc1ccc(F)cc1. The van der Waals surface area contributed by atoms with Crippen molar-refractivity contribution < 1.29 is 28.2 Å². The smallest absolute Gasteiger partial charge is 0.294 e. The fourth-order valence-electron chi connectivity index (χ4n) is 3.35. The molecule has 0 saturated carbocycles. The number of methoxy groups -OCH3 is 1. The van der Waals surface area contributed by atoms with E-state index in [-0.39, 0.29) is 23.9 Å². The normalized spacial score (nSPS) is 14.3. The largest absolute Gasteiger partial charge is 0.493 e. The number of carbonyl (C=O) groups is 3. The maximum atomic E-state index is 13.1. The Hall–Kier alpha value is -3.38. The molecule has 7 nitrogen and oxygen atoms in total. The quantitative estimate of drug-likeness (QED) is 0.258. The predicted molar refractivity (Wildman–Crippen MR) is 144 cm³/mol. The van der Waals surface area contributed by atoms with Crippen molar-refractivity contribution in [1.29, 1.82) is 0 Å². The monoisotopic (exact) mass is 618 g/mol. The summed E-state index contributed by atoms with van der Waals surface area (Å²) in [5.74, 6) is -0.388. The van der Waals surface area contributed by atoms with Crippen LogP contribution in [0.2, 0.25) is 0 Å². The Bertz CT molecular complexity index is 1330.